The lowest BCUT2D eigenvalue weighted by atomic mass is 10.2. The Morgan fingerprint density at radius 2 is 2.06 bits per heavy atom. The van der Waals surface area contributed by atoms with E-state index >= 15 is 0 Å². The molecule has 0 saturated carbocycles. The molecule has 6 heteroatoms. The molecule has 98 valence electrons. The van der Waals surface area contributed by atoms with E-state index in [0.717, 1.165) is 12.1 Å². The zero-order valence-electron chi connectivity index (χ0n) is 9.99. The van der Waals surface area contributed by atoms with Gasteiger partial charge in [-0.1, -0.05) is 0 Å². The van der Waals surface area contributed by atoms with E-state index in [0.29, 0.717) is 23.4 Å². The fourth-order valence-electron chi connectivity index (χ4n) is 1.92. The van der Waals surface area contributed by atoms with Gasteiger partial charge in [-0.3, -0.25) is 0 Å². The van der Waals surface area contributed by atoms with Gasteiger partial charge in [-0.15, -0.1) is 0 Å². The van der Waals surface area contributed by atoms with Gasteiger partial charge in [0.25, 0.3) is 0 Å². The van der Waals surface area contributed by atoms with Crippen LogP contribution in [0.25, 0.3) is 11.0 Å². The van der Waals surface area contributed by atoms with Crippen LogP contribution in [-0.4, -0.2) is 20.8 Å². The van der Waals surface area contributed by atoms with Crippen molar-refractivity contribution in [3.8, 4) is 0 Å². The number of imidazole rings is 1. The molecule has 1 aromatic heterocycles. The van der Waals surface area contributed by atoms with E-state index in [1.54, 1.807) is 18.4 Å². The fraction of sp³-hybridized carbons (Fsp3) is 0.417. The molecule has 0 spiro atoms. The number of alkyl halides is 3. The molecule has 1 aromatic carbocycles. The quantitative estimate of drug-likeness (QED) is 0.899. The van der Waals surface area contributed by atoms with Gasteiger partial charge in [0.05, 0.1) is 29.2 Å². The molecule has 18 heavy (non-hydrogen) atoms. The molecule has 0 saturated heterocycles. The molecule has 1 N–H and O–H groups in total. The van der Waals surface area contributed by atoms with Gasteiger partial charge in [0.1, 0.15) is 5.82 Å². The molecule has 2 rings (SSSR count). The maximum absolute atomic E-state index is 12.6. The number of aliphatic hydroxyl groups excluding tert-OH is 1. The smallest absolute Gasteiger partial charge is 0.392 e. The van der Waals surface area contributed by atoms with E-state index in [2.05, 4.69) is 4.98 Å². The van der Waals surface area contributed by atoms with Crippen molar-refractivity contribution in [3.63, 3.8) is 0 Å². The number of nitrogens with zero attached hydrogens (tertiary/aromatic N) is 2. The molecule has 3 nitrogen and oxygen atoms in total. The summed E-state index contributed by atoms with van der Waals surface area (Å²) in [4.78, 5) is 4.09. The SMILES string of the molecule is Cc1nc2cc(C(F)(F)F)ccc2n1CC(C)O. The highest BCUT2D eigenvalue weighted by Gasteiger charge is 2.31. The zero-order valence-corrected chi connectivity index (χ0v) is 9.99. The highest BCUT2D eigenvalue weighted by atomic mass is 19.4. The Morgan fingerprint density at radius 1 is 1.39 bits per heavy atom. The molecule has 0 aliphatic rings. The first-order chi connectivity index (χ1) is 8.29. The number of fused-ring (bicyclic) bond motifs is 1. The number of aromatic nitrogens is 2. The summed E-state index contributed by atoms with van der Waals surface area (Å²) >= 11 is 0. The second kappa shape index (κ2) is 4.28. The number of benzene rings is 1. The molecule has 2 aromatic rings. The van der Waals surface area contributed by atoms with Gasteiger partial charge in [-0.05, 0) is 32.0 Å². The Morgan fingerprint density at radius 3 is 2.61 bits per heavy atom. The molecule has 1 heterocycles. The summed E-state index contributed by atoms with van der Waals surface area (Å²) in [6.07, 6.45) is -4.95. The molecule has 0 radical (unpaired) electrons. The van der Waals surface area contributed by atoms with Gasteiger partial charge in [-0.25, -0.2) is 4.98 Å². The molecular weight excluding hydrogens is 245 g/mol. The molecular formula is C12H13F3N2O. The third kappa shape index (κ3) is 2.33. The van der Waals surface area contributed by atoms with Crippen LogP contribution in [0.4, 0.5) is 13.2 Å². The van der Waals surface area contributed by atoms with Gasteiger partial charge in [0.2, 0.25) is 0 Å². The minimum atomic E-state index is -4.36. The Hall–Kier alpha value is -1.56. The van der Waals surface area contributed by atoms with E-state index in [9.17, 15) is 18.3 Å². The molecule has 0 fully saturated rings. The van der Waals surface area contributed by atoms with Crippen LogP contribution in [0.2, 0.25) is 0 Å². The van der Waals surface area contributed by atoms with Gasteiger partial charge in [0, 0.05) is 0 Å². The van der Waals surface area contributed by atoms with Gasteiger partial charge in [-0.2, -0.15) is 13.2 Å². The Balaban J connectivity index is 2.54. The van der Waals surface area contributed by atoms with Gasteiger partial charge in [0.15, 0.2) is 0 Å². The van der Waals surface area contributed by atoms with Crippen LogP contribution >= 0.6 is 0 Å². The van der Waals surface area contributed by atoms with Crippen molar-refractivity contribution in [2.75, 3.05) is 0 Å². The second-order valence-corrected chi connectivity index (χ2v) is 4.32. The van der Waals surface area contributed by atoms with Crippen LogP contribution in [0.1, 0.15) is 18.3 Å². The predicted octanol–water partition coefficient (Wildman–Crippen LogP) is 2.74. The zero-order chi connectivity index (χ0) is 13.5. The summed E-state index contributed by atoms with van der Waals surface area (Å²) in [7, 11) is 0. The monoisotopic (exact) mass is 258 g/mol. The van der Waals surface area contributed by atoms with E-state index in [1.165, 1.54) is 6.07 Å². The molecule has 0 bridgehead atoms. The molecule has 0 amide bonds. The van der Waals surface area contributed by atoms with E-state index in [-0.39, 0.29) is 0 Å². The lowest BCUT2D eigenvalue weighted by molar-refractivity contribution is -0.137. The predicted molar refractivity (Wildman–Crippen MR) is 61.2 cm³/mol. The average Bonchev–Trinajstić information content (AvgIpc) is 2.53. The Kier molecular flexibility index (Phi) is 3.06. The molecule has 1 unspecified atom stereocenters. The maximum atomic E-state index is 12.6. The largest absolute Gasteiger partial charge is 0.416 e. The van der Waals surface area contributed by atoms with Gasteiger partial charge < -0.3 is 9.67 Å². The van der Waals surface area contributed by atoms with Crippen molar-refractivity contribution < 1.29 is 18.3 Å². The molecule has 1 atom stereocenters. The van der Waals surface area contributed by atoms with Crippen LogP contribution in [0.5, 0.6) is 0 Å². The van der Waals surface area contributed by atoms with Crippen molar-refractivity contribution >= 4 is 11.0 Å². The minimum absolute atomic E-state index is 0.294. The van der Waals surface area contributed by atoms with Crippen LogP contribution in [-0.2, 0) is 12.7 Å². The third-order valence-electron chi connectivity index (χ3n) is 2.71. The summed E-state index contributed by atoms with van der Waals surface area (Å²) in [5.41, 5.74) is 0.182. The topological polar surface area (TPSA) is 38.0 Å². The fourth-order valence-corrected chi connectivity index (χ4v) is 1.92. The van der Waals surface area contributed by atoms with Crippen molar-refractivity contribution in [3.05, 3.63) is 29.6 Å². The normalized spacial score (nSPS) is 14.1. The first kappa shape index (κ1) is 12.9. The van der Waals surface area contributed by atoms with E-state index < -0.39 is 17.8 Å². The van der Waals surface area contributed by atoms with Crippen LogP contribution < -0.4 is 0 Å². The van der Waals surface area contributed by atoms with E-state index in [4.69, 9.17) is 0 Å². The number of aliphatic hydroxyl groups is 1. The number of hydrogen-bond donors (Lipinski definition) is 1. The number of rotatable bonds is 2. The maximum Gasteiger partial charge on any atom is 0.416 e. The van der Waals surface area contributed by atoms with Crippen molar-refractivity contribution in [2.24, 2.45) is 0 Å². The Bertz CT molecular complexity index is 572. The van der Waals surface area contributed by atoms with Crippen LogP contribution in [0.15, 0.2) is 18.2 Å². The van der Waals surface area contributed by atoms with Crippen LogP contribution in [0, 0.1) is 6.92 Å². The summed E-state index contributed by atoms with van der Waals surface area (Å²) in [6, 6.07) is 3.45. The highest BCUT2D eigenvalue weighted by molar-refractivity contribution is 5.77. The average molecular weight is 258 g/mol. The number of hydrogen-bond acceptors (Lipinski definition) is 2. The lowest BCUT2D eigenvalue weighted by Gasteiger charge is -2.09. The molecule has 0 aliphatic carbocycles. The third-order valence-corrected chi connectivity index (χ3v) is 2.71. The highest BCUT2D eigenvalue weighted by Crippen LogP contribution is 2.31. The van der Waals surface area contributed by atoms with Crippen molar-refractivity contribution in [2.45, 2.75) is 32.7 Å². The number of halogens is 3. The molecule has 0 aliphatic heterocycles. The number of aryl methyl sites for hydroxylation is 1. The Labute approximate surface area is 102 Å². The summed E-state index contributed by atoms with van der Waals surface area (Å²) in [5, 5.41) is 9.36. The summed E-state index contributed by atoms with van der Waals surface area (Å²) in [6.45, 7) is 3.64. The first-order valence-electron chi connectivity index (χ1n) is 5.51. The second-order valence-electron chi connectivity index (χ2n) is 4.32. The summed E-state index contributed by atoms with van der Waals surface area (Å²) < 4.78 is 39.4. The van der Waals surface area contributed by atoms with Crippen LogP contribution in [0.3, 0.4) is 0 Å². The summed E-state index contributed by atoms with van der Waals surface area (Å²) in [5.74, 6) is 0.588. The standard InChI is InChI=1S/C12H13F3N2O/c1-7(18)6-17-8(2)16-10-5-9(12(13,14)15)3-4-11(10)17/h3-5,7,18H,6H2,1-2H3. The minimum Gasteiger partial charge on any atom is -0.392 e. The van der Waals surface area contributed by atoms with Gasteiger partial charge >= 0.3 is 6.18 Å². The lowest BCUT2D eigenvalue weighted by Crippen LogP contribution is -2.12. The van der Waals surface area contributed by atoms with Crippen molar-refractivity contribution in [1.82, 2.24) is 9.55 Å². The first-order valence-corrected chi connectivity index (χ1v) is 5.51. The van der Waals surface area contributed by atoms with E-state index in [1.807, 2.05) is 0 Å². The van der Waals surface area contributed by atoms with Crippen molar-refractivity contribution in [1.29, 1.82) is 0 Å².